The molecule has 1 atom stereocenters. The lowest BCUT2D eigenvalue weighted by atomic mass is 10.1. The van der Waals surface area contributed by atoms with Crippen LogP contribution in [0.3, 0.4) is 0 Å². The number of carbonyl (C=O) groups excluding carboxylic acids is 1. The second kappa shape index (κ2) is 8.78. The number of hydrogen-bond donors (Lipinski definition) is 2. The van der Waals surface area contributed by atoms with Crippen molar-refractivity contribution in [3.8, 4) is 5.75 Å². The summed E-state index contributed by atoms with van der Waals surface area (Å²) in [6.45, 7) is 4.36. The van der Waals surface area contributed by atoms with E-state index in [1.165, 1.54) is 5.56 Å². The number of fused-ring (bicyclic) bond motifs is 1. The average Bonchev–Trinajstić information content (AvgIpc) is 3.08. The fourth-order valence-electron chi connectivity index (χ4n) is 3.39. The van der Waals surface area contributed by atoms with E-state index in [1.54, 1.807) is 11.9 Å². The maximum absolute atomic E-state index is 11.8. The summed E-state index contributed by atoms with van der Waals surface area (Å²) in [4.78, 5) is 17.8. The molecule has 1 aromatic rings. The molecule has 2 N–H and O–H groups in total. The van der Waals surface area contributed by atoms with Crippen LogP contribution >= 0.6 is 0 Å². The van der Waals surface area contributed by atoms with Gasteiger partial charge in [-0.25, -0.2) is 4.79 Å². The molecular formula is C19H28N4O3. The maximum atomic E-state index is 11.8. The van der Waals surface area contributed by atoms with E-state index in [0.29, 0.717) is 32.3 Å². The van der Waals surface area contributed by atoms with Crippen molar-refractivity contribution in [3.63, 3.8) is 0 Å². The molecule has 0 spiro atoms. The van der Waals surface area contributed by atoms with Crippen LogP contribution in [0.15, 0.2) is 29.3 Å². The molecule has 0 aliphatic carbocycles. The lowest BCUT2D eigenvalue weighted by Gasteiger charge is -2.32. The van der Waals surface area contributed by atoms with Gasteiger partial charge in [0, 0.05) is 32.6 Å². The van der Waals surface area contributed by atoms with Crippen LogP contribution in [0.2, 0.25) is 0 Å². The Hall–Kier alpha value is -2.44. The van der Waals surface area contributed by atoms with Crippen LogP contribution in [0.5, 0.6) is 5.75 Å². The Kier molecular flexibility index (Phi) is 6.20. The van der Waals surface area contributed by atoms with Crippen molar-refractivity contribution in [1.82, 2.24) is 15.5 Å². The summed E-state index contributed by atoms with van der Waals surface area (Å²) in [6, 6.07) is 8.46. The van der Waals surface area contributed by atoms with Crippen LogP contribution in [-0.2, 0) is 11.2 Å². The third-order valence-corrected chi connectivity index (χ3v) is 4.80. The van der Waals surface area contributed by atoms with Crippen molar-refractivity contribution in [2.75, 3.05) is 33.3 Å². The molecule has 0 saturated carbocycles. The molecule has 1 amide bonds. The minimum absolute atomic E-state index is 0.122. The van der Waals surface area contributed by atoms with E-state index in [-0.39, 0.29) is 12.2 Å². The average molecular weight is 360 g/mol. The number of rotatable bonds is 4. The number of ether oxygens (including phenoxy) is 2. The smallest absolute Gasteiger partial charge is 0.409 e. The molecule has 0 bridgehead atoms. The number of nitrogens with one attached hydrogen (secondary N) is 2. The summed E-state index contributed by atoms with van der Waals surface area (Å²) < 4.78 is 11.0. The number of carbonyl (C=O) groups is 1. The molecular weight excluding hydrogens is 332 g/mol. The number of likely N-dealkylation sites (tertiary alicyclic amines) is 1. The zero-order valence-corrected chi connectivity index (χ0v) is 15.5. The van der Waals surface area contributed by atoms with Gasteiger partial charge >= 0.3 is 6.09 Å². The zero-order chi connectivity index (χ0) is 18.4. The Balaban J connectivity index is 1.40. The molecule has 1 unspecified atom stereocenters. The van der Waals surface area contributed by atoms with Gasteiger partial charge in [0.15, 0.2) is 5.96 Å². The summed E-state index contributed by atoms with van der Waals surface area (Å²) in [5.41, 5.74) is 1.26. The van der Waals surface area contributed by atoms with E-state index in [4.69, 9.17) is 9.47 Å². The molecule has 1 saturated heterocycles. The van der Waals surface area contributed by atoms with Crippen molar-refractivity contribution >= 4 is 12.1 Å². The van der Waals surface area contributed by atoms with E-state index in [1.807, 2.05) is 25.1 Å². The predicted octanol–water partition coefficient (Wildman–Crippen LogP) is 1.78. The van der Waals surface area contributed by atoms with Crippen LogP contribution in [0.1, 0.15) is 25.3 Å². The molecule has 0 aromatic heterocycles. The molecule has 2 aliphatic heterocycles. The lowest BCUT2D eigenvalue weighted by Crippen LogP contribution is -2.51. The van der Waals surface area contributed by atoms with E-state index < -0.39 is 0 Å². The molecule has 142 valence electrons. The molecule has 0 radical (unpaired) electrons. The molecule has 7 heteroatoms. The van der Waals surface area contributed by atoms with Gasteiger partial charge in [0.05, 0.1) is 13.2 Å². The summed E-state index contributed by atoms with van der Waals surface area (Å²) in [5.74, 6) is 1.76. The van der Waals surface area contributed by atoms with Gasteiger partial charge in [-0.15, -0.1) is 0 Å². The number of benzene rings is 1. The first-order chi connectivity index (χ1) is 12.7. The summed E-state index contributed by atoms with van der Waals surface area (Å²) in [7, 11) is 1.77. The number of aliphatic imine (C=N–C) groups is 1. The Bertz CT molecular complexity index is 616. The number of para-hydroxylation sites is 1. The predicted molar refractivity (Wildman–Crippen MR) is 101 cm³/mol. The number of amides is 1. The highest BCUT2D eigenvalue weighted by Gasteiger charge is 2.25. The third kappa shape index (κ3) is 4.59. The van der Waals surface area contributed by atoms with Crippen LogP contribution in [0, 0.1) is 0 Å². The van der Waals surface area contributed by atoms with Gasteiger partial charge in [-0.1, -0.05) is 18.2 Å². The van der Waals surface area contributed by atoms with Crippen molar-refractivity contribution in [3.05, 3.63) is 29.8 Å². The van der Waals surface area contributed by atoms with Gasteiger partial charge in [0.1, 0.15) is 11.9 Å². The summed E-state index contributed by atoms with van der Waals surface area (Å²) >= 11 is 0. The van der Waals surface area contributed by atoms with Crippen LogP contribution in [0.25, 0.3) is 0 Å². The van der Waals surface area contributed by atoms with Gasteiger partial charge in [-0.05, 0) is 31.4 Å². The number of guanidine groups is 1. The second-order valence-electron chi connectivity index (χ2n) is 6.61. The van der Waals surface area contributed by atoms with Gasteiger partial charge in [0.25, 0.3) is 0 Å². The minimum Gasteiger partial charge on any atom is -0.488 e. The Morgan fingerprint density at radius 1 is 1.35 bits per heavy atom. The van der Waals surface area contributed by atoms with Gasteiger partial charge < -0.3 is 25.0 Å². The number of hydrogen-bond acceptors (Lipinski definition) is 4. The van der Waals surface area contributed by atoms with E-state index in [2.05, 4.69) is 21.7 Å². The molecule has 3 rings (SSSR count). The van der Waals surface area contributed by atoms with Gasteiger partial charge in [-0.2, -0.15) is 0 Å². The minimum atomic E-state index is -0.216. The summed E-state index contributed by atoms with van der Waals surface area (Å²) in [5, 5.41) is 6.80. The van der Waals surface area contributed by atoms with E-state index >= 15 is 0 Å². The first-order valence-electron chi connectivity index (χ1n) is 9.33. The van der Waals surface area contributed by atoms with E-state index in [9.17, 15) is 4.79 Å². The highest BCUT2D eigenvalue weighted by molar-refractivity contribution is 5.80. The zero-order valence-electron chi connectivity index (χ0n) is 15.5. The third-order valence-electron chi connectivity index (χ3n) is 4.80. The van der Waals surface area contributed by atoms with E-state index in [0.717, 1.165) is 31.0 Å². The number of nitrogens with zero attached hydrogens (tertiary/aromatic N) is 2. The highest BCUT2D eigenvalue weighted by atomic mass is 16.6. The fourth-order valence-corrected chi connectivity index (χ4v) is 3.39. The van der Waals surface area contributed by atoms with Crippen LogP contribution in [0.4, 0.5) is 4.79 Å². The lowest BCUT2D eigenvalue weighted by molar-refractivity contribution is 0.0963. The topological polar surface area (TPSA) is 75.2 Å². The van der Waals surface area contributed by atoms with Crippen LogP contribution in [-0.4, -0.2) is 62.4 Å². The van der Waals surface area contributed by atoms with Crippen molar-refractivity contribution < 1.29 is 14.3 Å². The standard InChI is InChI=1S/C19H28N4O3/c1-3-25-19(24)23-10-8-15(9-11-23)22-18(20-2)21-13-16-12-14-6-4-5-7-17(14)26-16/h4-7,15-16H,3,8-13H2,1-2H3,(H2,20,21,22). The monoisotopic (exact) mass is 360 g/mol. The maximum Gasteiger partial charge on any atom is 0.409 e. The molecule has 2 aliphatic rings. The molecule has 2 heterocycles. The van der Waals surface area contributed by atoms with Crippen molar-refractivity contribution in [2.24, 2.45) is 4.99 Å². The first-order valence-corrected chi connectivity index (χ1v) is 9.33. The van der Waals surface area contributed by atoms with Crippen LogP contribution < -0.4 is 15.4 Å². The van der Waals surface area contributed by atoms with Gasteiger partial charge in [-0.3, -0.25) is 4.99 Å². The Labute approximate surface area is 154 Å². The van der Waals surface area contributed by atoms with Crippen molar-refractivity contribution in [1.29, 1.82) is 0 Å². The normalized spacial score (nSPS) is 20.3. The quantitative estimate of drug-likeness (QED) is 0.632. The fraction of sp³-hybridized carbons (Fsp3) is 0.579. The van der Waals surface area contributed by atoms with Gasteiger partial charge in [0.2, 0.25) is 0 Å². The second-order valence-corrected chi connectivity index (χ2v) is 6.61. The molecule has 26 heavy (non-hydrogen) atoms. The molecule has 7 nitrogen and oxygen atoms in total. The Morgan fingerprint density at radius 3 is 2.81 bits per heavy atom. The molecule has 1 aromatic carbocycles. The largest absolute Gasteiger partial charge is 0.488 e. The van der Waals surface area contributed by atoms with Crippen molar-refractivity contribution in [2.45, 2.75) is 38.3 Å². The Morgan fingerprint density at radius 2 is 2.12 bits per heavy atom. The SMILES string of the molecule is CCOC(=O)N1CCC(NC(=NC)NCC2Cc3ccccc3O2)CC1. The number of piperidine rings is 1. The highest BCUT2D eigenvalue weighted by Crippen LogP contribution is 2.27. The first kappa shape index (κ1) is 18.4. The summed E-state index contributed by atoms with van der Waals surface area (Å²) in [6.07, 6.45) is 2.58. The molecule has 1 fully saturated rings.